The van der Waals surface area contributed by atoms with E-state index in [9.17, 15) is 10.1 Å². The highest BCUT2D eigenvalue weighted by atomic mass is 35.5. The smallest absolute Gasteiger partial charge is 0.349 e. The fourth-order valence-electron chi connectivity index (χ4n) is 2.10. The molecule has 0 fully saturated rings. The quantitative estimate of drug-likeness (QED) is 0.450. The molecular formula is C18H13Cl2NO2. The van der Waals surface area contributed by atoms with Gasteiger partial charge in [-0.15, -0.1) is 0 Å². The SMILES string of the molecule is CCOC(=O)C(C#N)=C(c1ccc(Cl)cc1)c1ccc(Cl)cc1. The van der Waals surface area contributed by atoms with Crippen LogP contribution in [0.15, 0.2) is 54.1 Å². The highest BCUT2D eigenvalue weighted by Crippen LogP contribution is 2.29. The van der Waals surface area contributed by atoms with Gasteiger partial charge in [0.2, 0.25) is 0 Å². The Labute approximate surface area is 144 Å². The Hall–Kier alpha value is -2.28. The van der Waals surface area contributed by atoms with Crippen LogP contribution < -0.4 is 0 Å². The van der Waals surface area contributed by atoms with Gasteiger partial charge in [-0.2, -0.15) is 5.26 Å². The fourth-order valence-corrected chi connectivity index (χ4v) is 2.35. The molecule has 0 bridgehead atoms. The van der Waals surface area contributed by atoms with Crippen molar-refractivity contribution in [2.24, 2.45) is 0 Å². The van der Waals surface area contributed by atoms with Gasteiger partial charge >= 0.3 is 5.97 Å². The molecule has 0 aromatic heterocycles. The number of carbonyl (C=O) groups is 1. The molecule has 0 atom stereocenters. The van der Waals surface area contributed by atoms with E-state index < -0.39 is 5.97 Å². The molecule has 0 saturated heterocycles. The van der Waals surface area contributed by atoms with Gasteiger partial charge in [0, 0.05) is 15.6 Å². The number of nitriles is 1. The summed E-state index contributed by atoms with van der Waals surface area (Å²) in [6.07, 6.45) is 0. The van der Waals surface area contributed by atoms with Crippen LogP contribution in [0.5, 0.6) is 0 Å². The summed E-state index contributed by atoms with van der Waals surface area (Å²) in [4.78, 5) is 12.1. The minimum Gasteiger partial charge on any atom is -0.462 e. The van der Waals surface area contributed by atoms with Crippen LogP contribution in [-0.2, 0) is 9.53 Å². The van der Waals surface area contributed by atoms with Crippen molar-refractivity contribution < 1.29 is 9.53 Å². The maximum absolute atomic E-state index is 12.1. The number of rotatable bonds is 4. The summed E-state index contributed by atoms with van der Waals surface area (Å²) in [5, 5.41) is 10.6. The molecule has 2 aromatic carbocycles. The lowest BCUT2D eigenvalue weighted by molar-refractivity contribution is -0.137. The van der Waals surface area contributed by atoms with Crippen LogP contribution in [0.3, 0.4) is 0 Å². The molecular weight excluding hydrogens is 333 g/mol. The van der Waals surface area contributed by atoms with Crippen LogP contribution in [0.1, 0.15) is 18.1 Å². The van der Waals surface area contributed by atoms with Gasteiger partial charge in [-0.1, -0.05) is 47.5 Å². The van der Waals surface area contributed by atoms with Crippen molar-refractivity contribution >= 4 is 34.7 Å². The topological polar surface area (TPSA) is 50.1 Å². The van der Waals surface area contributed by atoms with Gasteiger partial charge in [-0.25, -0.2) is 4.79 Å². The average Bonchev–Trinajstić information content (AvgIpc) is 2.55. The molecule has 0 unspecified atom stereocenters. The van der Waals surface area contributed by atoms with Crippen LogP contribution in [0.4, 0.5) is 0 Å². The first-order chi connectivity index (χ1) is 11.1. The predicted octanol–water partition coefficient (Wildman–Crippen LogP) is 4.88. The van der Waals surface area contributed by atoms with Gasteiger partial charge in [0.05, 0.1) is 6.61 Å². The van der Waals surface area contributed by atoms with E-state index in [-0.39, 0.29) is 12.2 Å². The zero-order chi connectivity index (χ0) is 16.8. The fraction of sp³-hybridized carbons (Fsp3) is 0.111. The first-order valence-corrected chi connectivity index (χ1v) is 7.65. The van der Waals surface area contributed by atoms with Gasteiger partial charge in [-0.3, -0.25) is 0 Å². The standard InChI is InChI=1S/C18H13Cl2NO2/c1-2-23-18(22)16(11-21)17(12-3-7-14(19)8-4-12)13-5-9-15(20)10-6-13/h3-10H,2H2,1H3. The van der Waals surface area contributed by atoms with Crippen molar-refractivity contribution in [2.45, 2.75) is 6.92 Å². The van der Waals surface area contributed by atoms with Crippen molar-refractivity contribution in [3.63, 3.8) is 0 Å². The summed E-state index contributed by atoms with van der Waals surface area (Å²) in [6, 6.07) is 15.8. The Kier molecular flexibility index (Phi) is 5.81. The van der Waals surface area contributed by atoms with Crippen LogP contribution in [-0.4, -0.2) is 12.6 Å². The van der Waals surface area contributed by atoms with E-state index in [0.29, 0.717) is 26.7 Å². The minimum atomic E-state index is -0.657. The summed E-state index contributed by atoms with van der Waals surface area (Å²) < 4.78 is 4.99. The first-order valence-electron chi connectivity index (χ1n) is 6.90. The number of benzene rings is 2. The van der Waals surface area contributed by atoms with Crippen molar-refractivity contribution in [1.82, 2.24) is 0 Å². The Bertz CT molecular complexity index is 725. The van der Waals surface area contributed by atoms with E-state index in [1.807, 2.05) is 6.07 Å². The molecule has 0 heterocycles. The second kappa shape index (κ2) is 7.82. The van der Waals surface area contributed by atoms with Crippen molar-refractivity contribution in [3.8, 4) is 6.07 Å². The van der Waals surface area contributed by atoms with Gasteiger partial charge in [0.15, 0.2) is 0 Å². The molecule has 0 radical (unpaired) electrons. The van der Waals surface area contributed by atoms with Crippen LogP contribution in [0, 0.1) is 11.3 Å². The molecule has 0 N–H and O–H groups in total. The van der Waals surface area contributed by atoms with Crippen LogP contribution in [0.25, 0.3) is 5.57 Å². The molecule has 0 saturated carbocycles. The van der Waals surface area contributed by atoms with Gasteiger partial charge in [0.1, 0.15) is 11.6 Å². The molecule has 0 spiro atoms. The minimum absolute atomic E-state index is 0.0588. The molecule has 0 aliphatic carbocycles. The van der Waals surface area contributed by atoms with E-state index in [0.717, 1.165) is 0 Å². The second-order valence-corrected chi connectivity index (χ2v) is 5.47. The highest BCUT2D eigenvalue weighted by molar-refractivity contribution is 6.31. The number of nitrogens with zero attached hydrogens (tertiary/aromatic N) is 1. The summed E-state index contributed by atoms with van der Waals surface area (Å²) in [5.41, 5.74) is 1.82. The van der Waals surface area contributed by atoms with Gasteiger partial charge in [0.25, 0.3) is 0 Å². The Balaban J connectivity index is 2.68. The number of ether oxygens (including phenoxy) is 1. The molecule has 5 heteroatoms. The maximum atomic E-state index is 12.1. The van der Waals surface area contributed by atoms with Gasteiger partial charge < -0.3 is 4.74 Å². The van der Waals surface area contributed by atoms with E-state index in [1.54, 1.807) is 55.5 Å². The third-order valence-corrected chi connectivity index (χ3v) is 3.61. The summed E-state index contributed by atoms with van der Waals surface area (Å²) >= 11 is 11.8. The highest BCUT2D eigenvalue weighted by Gasteiger charge is 2.19. The lowest BCUT2D eigenvalue weighted by atomic mass is 9.93. The summed E-state index contributed by atoms with van der Waals surface area (Å²) in [6.45, 7) is 1.88. The molecule has 0 amide bonds. The molecule has 0 aliphatic rings. The van der Waals surface area contributed by atoms with Crippen LogP contribution >= 0.6 is 23.2 Å². The number of halogens is 2. The van der Waals surface area contributed by atoms with E-state index in [4.69, 9.17) is 27.9 Å². The Morgan fingerprint density at radius 2 is 1.43 bits per heavy atom. The predicted molar refractivity (Wildman–Crippen MR) is 91.2 cm³/mol. The largest absolute Gasteiger partial charge is 0.462 e. The van der Waals surface area contributed by atoms with E-state index in [1.165, 1.54) is 0 Å². The van der Waals surface area contributed by atoms with Crippen molar-refractivity contribution in [2.75, 3.05) is 6.61 Å². The number of carbonyl (C=O) groups excluding carboxylic acids is 1. The third-order valence-electron chi connectivity index (χ3n) is 3.11. The molecule has 2 rings (SSSR count). The lowest BCUT2D eigenvalue weighted by Gasteiger charge is -2.11. The lowest BCUT2D eigenvalue weighted by Crippen LogP contribution is -2.09. The number of hydrogen-bond acceptors (Lipinski definition) is 3. The second-order valence-electron chi connectivity index (χ2n) is 4.60. The Morgan fingerprint density at radius 3 is 1.78 bits per heavy atom. The Morgan fingerprint density at radius 1 is 1.00 bits per heavy atom. The van der Waals surface area contributed by atoms with Crippen molar-refractivity contribution in [1.29, 1.82) is 5.26 Å². The van der Waals surface area contributed by atoms with Crippen molar-refractivity contribution in [3.05, 3.63) is 75.3 Å². The molecule has 23 heavy (non-hydrogen) atoms. The monoisotopic (exact) mass is 345 g/mol. The zero-order valence-corrected chi connectivity index (χ0v) is 13.9. The summed E-state index contributed by atoms with van der Waals surface area (Å²) in [5.74, 6) is -0.657. The van der Waals surface area contributed by atoms with Crippen LogP contribution in [0.2, 0.25) is 10.0 Å². The normalized spacial score (nSPS) is 9.83. The third kappa shape index (κ3) is 4.13. The van der Waals surface area contributed by atoms with E-state index in [2.05, 4.69) is 0 Å². The van der Waals surface area contributed by atoms with E-state index >= 15 is 0 Å². The average molecular weight is 346 g/mol. The molecule has 116 valence electrons. The summed E-state index contributed by atoms with van der Waals surface area (Å²) in [7, 11) is 0. The molecule has 2 aromatic rings. The zero-order valence-electron chi connectivity index (χ0n) is 12.3. The number of hydrogen-bond donors (Lipinski definition) is 0. The first kappa shape index (κ1) is 17.1. The molecule has 3 nitrogen and oxygen atoms in total. The molecule has 0 aliphatic heterocycles. The van der Waals surface area contributed by atoms with Gasteiger partial charge in [-0.05, 0) is 42.3 Å². The maximum Gasteiger partial charge on any atom is 0.349 e. The number of esters is 1.